The number of nitrogens with zero attached hydrogens (tertiary/aromatic N) is 3. The van der Waals surface area contributed by atoms with Crippen LogP contribution in [0.25, 0.3) is 10.9 Å². The molecule has 1 aromatic carbocycles. The lowest BCUT2D eigenvalue weighted by Gasteiger charge is -2.06. The predicted molar refractivity (Wildman–Crippen MR) is 124 cm³/mol. The number of methoxy groups -OCH3 is 1. The van der Waals surface area contributed by atoms with Gasteiger partial charge < -0.3 is 14.6 Å². The van der Waals surface area contributed by atoms with E-state index in [1.54, 1.807) is 71.9 Å². The molecule has 1 aliphatic carbocycles. The van der Waals surface area contributed by atoms with Crippen LogP contribution in [-0.2, 0) is 24.2 Å². The molecule has 32 heavy (non-hydrogen) atoms. The summed E-state index contributed by atoms with van der Waals surface area (Å²) in [5, 5.41) is 4.33. The molecule has 0 bridgehead atoms. The lowest BCUT2D eigenvalue weighted by molar-refractivity contribution is -0.116. The standard InChI is InChI=1S/C24H22N4O3S/c1-31-16-8-6-15(7-9-16)23(30)18-13-28(20-12-25-11-10-17(18)20)14-22(29)27-24-26-19-4-2-3-5-21(19)32-24/h6-13H,2-5,14H2,1H3,(H,26,27,29). The van der Waals surface area contributed by atoms with Crippen molar-refractivity contribution in [2.24, 2.45) is 0 Å². The highest BCUT2D eigenvalue weighted by molar-refractivity contribution is 7.15. The van der Waals surface area contributed by atoms with Crippen molar-refractivity contribution in [1.29, 1.82) is 0 Å². The van der Waals surface area contributed by atoms with Crippen LogP contribution in [0.4, 0.5) is 5.13 Å². The van der Waals surface area contributed by atoms with Gasteiger partial charge >= 0.3 is 0 Å². The highest BCUT2D eigenvalue weighted by atomic mass is 32.1. The Morgan fingerprint density at radius 3 is 2.75 bits per heavy atom. The average molecular weight is 447 g/mol. The maximum Gasteiger partial charge on any atom is 0.246 e. The molecule has 162 valence electrons. The Morgan fingerprint density at radius 2 is 1.97 bits per heavy atom. The van der Waals surface area contributed by atoms with Crippen LogP contribution in [0.1, 0.15) is 39.3 Å². The molecule has 0 aliphatic heterocycles. The third-order valence-corrected chi connectivity index (χ3v) is 6.76. The maximum absolute atomic E-state index is 13.2. The van der Waals surface area contributed by atoms with Crippen molar-refractivity contribution in [3.8, 4) is 5.75 Å². The smallest absolute Gasteiger partial charge is 0.246 e. The number of hydrogen-bond donors (Lipinski definition) is 1. The van der Waals surface area contributed by atoms with E-state index >= 15 is 0 Å². The normalized spacial score (nSPS) is 13.0. The molecule has 4 aromatic rings. The molecule has 7 nitrogen and oxygen atoms in total. The van der Waals surface area contributed by atoms with Crippen LogP contribution >= 0.6 is 11.3 Å². The Labute approximate surface area is 189 Å². The number of carbonyl (C=O) groups excluding carboxylic acids is 2. The van der Waals surface area contributed by atoms with Crippen molar-refractivity contribution in [3.63, 3.8) is 0 Å². The quantitative estimate of drug-likeness (QED) is 0.448. The largest absolute Gasteiger partial charge is 0.497 e. The fourth-order valence-corrected chi connectivity index (χ4v) is 5.13. The second-order valence-electron chi connectivity index (χ2n) is 7.77. The zero-order valence-electron chi connectivity index (χ0n) is 17.6. The molecular formula is C24H22N4O3S. The minimum atomic E-state index is -0.180. The van der Waals surface area contributed by atoms with E-state index < -0.39 is 0 Å². The van der Waals surface area contributed by atoms with Gasteiger partial charge in [-0.3, -0.25) is 14.6 Å². The topological polar surface area (TPSA) is 86.1 Å². The summed E-state index contributed by atoms with van der Waals surface area (Å²) in [5.74, 6) is 0.393. The Kier molecular flexibility index (Phi) is 5.45. The average Bonchev–Trinajstić information content (AvgIpc) is 3.39. The minimum Gasteiger partial charge on any atom is -0.497 e. The van der Waals surface area contributed by atoms with E-state index in [0.717, 1.165) is 35.9 Å². The van der Waals surface area contributed by atoms with E-state index in [9.17, 15) is 9.59 Å². The summed E-state index contributed by atoms with van der Waals surface area (Å²) in [6, 6.07) is 8.80. The van der Waals surface area contributed by atoms with Gasteiger partial charge in [0.1, 0.15) is 12.3 Å². The summed E-state index contributed by atoms with van der Waals surface area (Å²) in [6.45, 7) is 0.0718. The molecule has 0 fully saturated rings. The molecule has 0 unspecified atom stereocenters. The molecule has 0 atom stereocenters. The third kappa shape index (κ3) is 3.89. The number of thiazole rings is 1. The molecule has 0 spiro atoms. The molecule has 0 radical (unpaired) electrons. The summed E-state index contributed by atoms with van der Waals surface area (Å²) in [4.78, 5) is 36.0. The van der Waals surface area contributed by atoms with Gasteiger partial charge in [-0.1, -0.05) is 0 Å². The first-order chi connectivity index (χ1) is 15.6. The number of carbonyl (C=O) groups is 2. The second-order valence-corrected chi connectivity index (χ2v) is 8.85. The van der Waals surface area contributed by atoms with Crippen molar-refractivity contribution in [2.75, 3.05) is 12.4 Å². The van der Waals surface area contributed by atoms with Crippen LogP contribution in [0.3, 0.4) is 0 Å². The van der Waals surface area contributed by atoms with Crippen molar-refractivity contribution < 1.29 is 14.3 Å². The number of nitrogens with one attached hydrogen (secondary N) is 1. The van der Waals surface area contributed by atoms with Crippen molar-refractivity contribution >= 4 is 39.1 Å². The molecular weight excluding hydrogens is 424 g/mol. The number of pyridine rings is 1. The van der Waals surface area contributed by atoms with Crippen molar-refractivity contribution in [3.05, 3.63) is 70.6 Å². The van der Waals surface area contributed by atoms with Crippen LogP contribution in [0.15, 0.2) is 48.9 Å². The van der Waals surface area contributed by atoms with Crippen LogP contribution in [0.5, 0.6) is 5.75 Å². The van der Waals surface area contributed by atoms with Gasteiger partial charge in [0.05, 0.1) is 24.5 Å². The molecule has 5 rings (SSSR count). The predicted octanol–water partition coefficient (Wildman–Crippen LogP) is 4.25. The SMILES string of the molecule is COc1ccc(C(=O)c2cn(CC(=O)Nc3nc4c(s3)CCCC4)c3cnccc23)cc1. The fourth-order valence-electron chi connectivity index (χ4n) is 4.07. The minimum absolute atomic E-state index is 0.0718. The number of hydrogen-bond acceptors (Lipinski definition) is 6. The number of anilines is 1. The number of ketones is 1. The van der Waals surface area contributed by atoms with Crippen LogP contribution < -0.4 is 10.1 Å². The molecule has 3 heterocycles. The number of rotatable bonds is 6. The van der Waals surface area contributed by atoms with Crippen molar-refractivity contribution in [1.82, 2.24) is 14.5 Å². The van der Waals surface area contributed by atoms with Gasteiger partial charge in [-0.15, -0.1) is 11.3 Å². The number of ether oxygens (including phenoxy) is 1. The van der Waals surface area contributed by atoms with Crippen LogP contribution in [-0.4, -0.2) is 33.3 Å². The number of fused-ring (bicyclic) bond motifs is 2. The van der Waals surface area contributed by atoms with Gasteiger partial charge in [0.2, 0.25) is 5.91 Å². The number of benzene rings is 1. The fraction of sp³-hybridized carbons (Fsp3) is 0.250. The van der Waals surface area contributed by atoms with E-state index in [1.807, 2.05) is 0 Å². The van der Waals surface area contributed by atoms with Gasteiger partial charge in [-0.05, 0) is 56.0 Å². The molecule has 1 N–H and O–H groups in total. The first-order valence-electron chi connectivity index (χ1n) is 10.5. The molecule has 8 heteroatoms. The summed E-state index contributed by atoms with van der Waals surface area (Å²) in [6.07, 6.45) is 9.39. The molecule has 0 saturated carbocycles. The number of aromatic nitrogens is 3. The molecule has 1 amide bonds. The van der Waals surface area contributed by atoms with Gasteiger partial charge in [0, 0.05) is 33.8 Å². The Hall–Kier alpha value is -3.52. The van der Waals surface area contributed by atoms with E-state index in [0.29, 0.717) is 22.0 Å². The number of aryl methyl sites for hydroxylation is 2. The van der Waals surface area contributed by atoms with E-state index in [1.165, 1.54) is 11.3 Å². The van der Waals surface area contributed by atoms with Gasteiger partial charge in [-0.2, -0.15) is 0 Å². The highest BCUT2D eigenvalue weighted by Crippen LogP contribution is 2.30. The lowest BCUT2D eigenvalue weighted by atomic mass is 10.0. The molecule has 0 saturated heterocycles. The Morgan fingerprint density at radius 1 is 1.16 bits per heavy atom. The first kappa shape index (κ1) is 20.4. The molecule has 3 aromatic heterocycles. The monoisotopic (exact) mass is 446 g/mol. The zero-order valence-corrected chi connectivity index (χ0v) is 18.4. The second kappa shape index (κ2) is 8.55. The summed E-state index contributed by atoms with van der Waals surface area (Å²) < 4.78 is 6.94. The Bertz CT molecular complexity index is 1280. The first-order valence-corrected chi connectivity index (χ1v) is 11.3. The lowest BCUT2D eigenvalue weighted by Crippen LogP contribution is -2.18. The third-order valence-electron chi connectivity index (χ3n) is 5.69. The maximum atomic E-state index is 13.2. The zero-order chi connectivity index (χ0) is 22.1. The van der Waals surface area contributed by atoms with Gasteiger partial charge in [0.25, 0.3) is 0 Å². The summed E-state index contributed by atoms with van der Waals surface area (Å²) >= 11 is 1.56. The van der Waals surface area contributed by atoms with Crippen LogP contribution in [0.2, 0.25) is 0 Å². The van der Waals surface area contributed by atoms with Crippen LogP contribution in [0, 0.1) is 0 Å². The summed E-state index contributed by atoms with van der Waals surface area (Å²) in [7, 11) is 1.59. The van der Waals surface area contributed by atoms with E-state index in [-0.39, 0.29) is 18.2 Å². The van der Waals surface area contributed by atoms with Crippen molar-refractivity contribution in [2.45, 2.75) is 32.2 Å². The molecule has 1 aliphatic rings. The Balaban J connectivity index is 1.40. The summed E-state index contributed by atoms with van der Waals surface area (Å²) in [5.41, 5.74) is 2.93. The highest BCUT2D eigenvalue weighted by Gasteiger charge is 2.20. The van der Waals surface area contributed by atoms with E-state index in [2.05, 4.69) is 15.3 Å². The van der Waals surface area contributed by atoms with Gasteiger partial charge in [-0.25, -0.2) is 4.98 Å². The van der Waals surface area contributed by atoms with E-state index in [4.69, 9.17) is 4.74 Å². The number of amides is 1. The van der Waals surface area contributed by atoms with Gasteiger partial charge in [0.15, 0.2) is 10.9 Å².